The first-order valence-corrected chi connectivity index (χ1v) is 15.5. The first-order valence-electron chi connectivity index (χ1n) is 15.1. The van der Waals surface area contributed by atoms with Crippen LogP contribution >= 0.6 is 11.6 Å². The van der Waals surface area contributed by atoms with Crippen molar-refractivity contribution in [3.05, 3.63) is 41.4 Å². The minimum atomic E-state index is -1.13. The van der Waals surface area contributed by atoms with E-state index in [-0.39, 0.29) is 23.8 Å². The molecule has 1 aliphatic carbocycles. The quantitative estimate of drug-likeness (QED) is 0.463. The maximum absolute atomic E-state index is 14.2. The fraction of sp³-hybridized carbons (Fsp3) is 0.645. The lowest BCUT2D eigenvalue weighted by atomic mass is 9.74. The SMILES string of the molecule is C[C@@H]1CCCN(CCCN2C(=O)[C@@H]3[C@H](C(=O)Nc4cccc(Cl)c4)[C@@H]4C=C[C@@]3(O4)[C@@H]2C(=O)NC2CCCCC2)C1. The molecule has 1 saturated carbocycles. The van der Waals surface area contributed by atoms with E-state index < -0.39 is 29.6 Å². The molecular formula is C31H41ClN4O4. The lowest BCUT2D eigenvalue weighted by molar-refractivity contribution is -0.141. The van der Waals surface area contributed by atoms with E-state index in [4.69, 9.17) is 16.3 Å². The lowest BCUT2D eigenvalue weighted by Gasteiger charge is -2.35. The van der Waals surface area contributed by atoms with Crippen LogP contribution in [0.1, 0.15) is 58.3 Å². The summed E-state index contributed by atoms with van der Waals surface area (Å²) in [5, 5.41) is 6.72. The molecule has 9 heteroatoms. The van der Waals surface area contributed by atoms with Crippen LogP contribution in [0.3, 0.4) is 0 Å². The Morgan fingerprint density at radius 1 is 1.10 bits per heavy atom. The minimum Gasteiger partial charge on any atom is -0.359 e. The molecule has 1 aromatic carbocycles. The Morgan fingerprint density at radius 2 is 1.93 bits per heavy atom. The number of carbonyl (C=O) groups is 3. The maximum atomic E-state index is 14.2. The predicted molar refractivity (Wildman–Crippen MR) is 154 cm³/mol. The molecular weight excluding hydrogens is 528 g/mol. The number of fused-ring (bicyclic) bond motifs is 1. The van der Waals surface area contributed by atoms with Crippen LogP contribution in [0.25, 0.3) is 0 Å². The second kappa shape index (κ2) is 11.5. The van der Waals surface area contributed by atoms with Crippen LogP contribution in [0.2, 0.25) is 5.02 Å². The van der Waals surface area contributed by atoms with E-state index in [1.807, 2.05) is 12.2 Å². The van der Waals surface area contributed by atoms with Crippen LogP contribution in [0.4, 0.5) is 5.69 Å². The van der Waals surface area contributed by atoms with Gasteiger partial charge in [0, 0.05) is 29.8 Å². The molecule has 1 spiro atoms. The molecule has 0 unspecified atom stereocenters. The summed E-state index contributed by atoms with van der Waals surface area (Å²) in [4.78, 5) is 45.9. The average Bonchev–Trinajstić information content (AvgIpc) is 3.57. The van der Waals surface area contributed by atoms with Gasteiger partial charge in [-0.25, -0.2) is 0 Å². The van der Waals surface area contributed by atoms with Crippen LogP contribution in [0.15, 0.2) is 36.4 Å². The van der Waals surface area contributed by atoms with Gasteiger partial charge in [0.1, 0.15) is 11.6 Å². The molecule has 40 heavy (non-hydrogen) atoms. The van der Waals surface area contributed by atoms with Gasteiger partial charge in [0.15, 0.2) is 0 Å². The number of ether oxygens (including phenoxy) is 1. The number of nitrogens with one attached hydrogen (secondary N) is 2. The van der Waals surface area contributed by atoms with Crippen molar-refractivity contribution in [2.75, 3.05) is 31.5 Å². The second-order valence-electron chi connectivity index (χ2n) is 12.5. The number of hydrogen-bond donors (Lipinski definition) is 2. The Hall–Kier alpha value is -2.42. The van der Waals surface area contributed by atoms with Gasteiger partial charge in [-0.15, -0.1) is 0 Å². The number of hydrogen-bond acceptors (Lipinski definition) is 5. The molecule has 4 heterocycles. The Balaban J connectivity index is 1.23. The summed E-state index contributed by atoms with van der Waals surface area (Å²) in [7, 11) is 0. The number of nitrogens with zero attached hydrogens (tertiary/aromatic N) is 2. The third-order valence-corrected chi connectivity index (χ3v) is 9.82. The van der Waals surface area contributed by atoms with Gasteiger partial charge < -0.3 is 25.2 Å². The summed E-state index contributed by atoms with van der Waals surface area (Å²) in [6.07, 6.45) is 11.8. The first-order chi connectivity index (χ1) is 19.4. The topological polar surface area (TPSA) is 91.0 Å². The molecule has 5 aliphatic rings. The van der Waals surface area contributed by atoms with E-state index in [2.05, 4.69) is 22.5 Å². The van der Waals surface area contributed by atoms with Gasteiger partial charge in [-0.05, 0) is 69.3 Å². The number of amides is 3. The number of piperidine rings is 1. The number of benzene rings is 1. The number of halogens is 1. The lowest BCUT2D eigenvalue weighted by Crippen LogP contribution is -2.56. The molecule has 6 atom stereocenters. The summed E-state index contributed by atoms with van der Waals surface area (Å²) in [6, 6.07) is 6.31. The summed E-state index contributed by atoms with van der Waals surface area (Å²) >= 11 is 6.13. The van der Waals surface area contributed by atoms with Crippen LogP contribution in [0.5, 0.6) is 0 Å². The van der Waals surface area contributed by atoms with Crippen molar-refractivity contribution in [1.29, 1.82) is 0 Å². The summed E-state index contributed by atoms with van der Waals surface area (Å²) in [5.74, 6) is -1.37. The van der Waals surface area contributed by atoms with E-state index >= 15 is 0 Å². The van der Waals surface area contributed by atoms with E-state index in [0.717, 1.165) is 51.7 Å². The third-order valence-electron chi connectivity index (χ3n) is 9.58. The Labute approximate surface area is 241 Å². The van der Waals surface area contributed by atoms with E-state index in [0.29, 0.717) is 23.2 Å². The number of anilines is 1. The number of rotatable bonds is 8. The van der Waals surface area contributed by atoms with Crippen LogP contribution in [-0.4, -0.2) is 77.5 Å². The van der Waals surface area contributed by atoms with Crippen molar-refractivity contribution in [2.45, 2.75) is 82.1 Å². The third kappa shape index (κ3) is 5.19. The van der Waals surface area contributed by atoms with Crippen molar-refractivity contribution in [1.82, 2.24) is 15.1 Å². The van der Waals surface area contributed by atoms with E-state index in [1.54, 1.807) is 29.2 Å². The van der Waals surface area contributed by atoms with Crippen molar-refractivity contribution in [2.24, 2.45) is 17.8 Å². The zero-order valence-electron chi connectivity index (χ0n) is 23.3. The molecule has 216 valence electrons. The molecule has 8 nitrogen and oxygen atoms in total. The molecule has 4 aliphatic heterocycles. The van der Waals surface area contributed by atoms with Gasteiger partial charge in [-0.1, -0.05) is 56.0 Å². The van der Waals surface area contributed by atoms with Gasteiger partial charge >= 0.3 is 0 Å². The molecule has 1 aromatic rings. The second-order valence-corrected chi connectivity index (χ2v) is 12.9. The van der Waals surface area contributed by atoms with Crippen LogP contribution in [-0.2, 0) is 19.1 Å². The van der Waals surface area contributed by atoms with E-state index in [9.17, 15) is 14.4 Å². The zero-order chi connectivity index (χ0) is 27.9. The Morgan fingerprint density at radius 3 is 2.70 bits per heavy atom. The highest BCUT2D eigenvalue weighted by Crippen LogP contribution is 2.55. The standard InChI is InChI=1S/C31H41ClN4O4/c1-20-8-6-15-35(19-20)16-7-17-36-27(29(38)33-22-10-3-2-4-11-22)31-14-13-24(40-31)25(26(31)30(36)39)28(37)34-23-12-5-9-21(32)18-23/h5,9,12-14,18,20,22,24-27H,2-4,6-8,10-11,15-17,19H2,1H3,(H,33,38)(H,34,37)/t20-,24+,25-,26+,27+,31+/m1/s1. The van der Waals surface area contributed by atoms with Gasteiger partial charge in [0.25, 0.3) is 0 Å². The van der Waals surface area contributed by atoms with Crippen molar-refractivity contribution in [3.8, 4) is 0 Å². The predicted octanol–water partition coefficient (Wildman–Crippen LogP) is 4.00. The summed E-state index contributed by atoms with van der Waals surface area (Å²) in [6.45, 7) is 5.80. The number of likely N-dealkylation sites (tertiary alicyclic amines) is 2. The van der Waals surface area contributed by atoms with Crippen molar-refractivity contribution < 1.29 is 19.1 Å². The monoisotopic (exact) mass is 568 g/mol. The van der Waals surface area contributed by atoms with Gasteiger partial charge in [-0.3, -0.25) is 14.4 Å². The Kier molecular flexibility index (Phi) is 7.94. The number of carbonyl (C=O) groups excluding carboxylic acids is 3. The Bertz CT molecular complexity index is 1170. The fourth-order valence-electron chi connectivity index (χ4n) is 7.78. The maximum Gasteiger partial charge on any atom is 0.246 e. The molecule has 3 saturated heterocycles. The van der Waals surface area contributed by atoms with Gasteiger partial charge in [0.05, 0.1) is 17.9 Å². The molecule has 2 bridgehead atoms. The van der Waals surface area contributed by atoms with Crippen LogP contribution < -0.4 is 10.6 Å². The molecule has 3 amide bonds. The molecule has 6 rings (SSSR count). The highest BCUT2D eigenvalue weighted by molar-refractivity contribution is 6.30. The zero-order valence-corrected chi connectivity index (χ0v) is 24.1. The normalized spacial score (nSPS) is 33.8. The summed E-state index contributed by atoms with van der Waals surface area (Å²) in [5.41, 5.74) is -0.556. The smallest absolute Gasteiger partial charge is 0.246 e. The van der Waals surface area contributed by atoms with Gasteiger partial charge in [0.2, 0.25) is 17.7 Å². The average molecular weight is 569 g/mol. The minimum absolute atomic E-state index is 0.119. The molecule has 0 radical (unpaired) electrons. The van der Waals surface area contributed by atoms with Gasteiger partial charge in [-0.2, -0.15) is 0 Å². The highest BCUT2D eigenvalue weighted by atomic mass is 35.5. The highest BCUT2D eigenvalue weighted by Gasteiger charge is 2.72. The molecule has 0 aromatic heterocycles. The first kappa shape index (κ1) is 27.7. The van der Waals surface area contributed by atoms with E-state index in [1.165, 1.54) is 19.3 Å². The molecule has 4 fully saturated rings. The van der Waals surface area contributed by atoms with Crippen molar-refractivity contribution in [3.63, 3.8) is 0 Å². The largest absolute Gasteiger partial charge is 0.359 e. The van der Waals surface area contributed by atoms with Crippen molar-refractivity contribution >= 4 is 35.0 Å². The van der Waals surface area contributed by atoms with Crippen LogP contribution in [0, 0.1) is 17.8 Å². The molecule has 2 N–H and O–H groups in total. The fourth-order valence-corrected chi connectivity index (χ4v) is 7.97. The summed E-state index contributed by atoms with van der Waals surface area (Å²) < 4.78 is 6.48.